The summed E-state index contributed by atoms with van der Waals surface area (Å²) in [6.07, 6.45) is 10.7. The normalized spacial score (nSPS) is 21.9. The van der Waals surface area contributed by atoms with E-state index in [0.29, 0.717) is 18.1 Å². The quantitative estimate of drug-likeness (QED) is 0.505. The third-order valence-corrected chi connectivity index (χ3v) is 6.48. The Kier molecular flexibility index (Phi) is 4.81. The van der Waals surface area contributed by atoms with Crippen molar-refractivity contribution in [1.29, 1.82) is 0 Å². The van der Waals surface area contributed by atoms with Gasteiger partial charge in [0.15, 0.2) is 0 Å². The zero-order valence-electron chi connectivity index (χ0n) is 17.4. The van der Waals surface area contributed by atoms with Crippen molar-refractivity contribution in [3.63, 3.8) is 0 Å². The molecule has 2 N–H and O–H groups in total. The summed E-state index contributed by atoms with van der Waals surface area (Å²) < 4.78 is 12.2. The van der Waals surface area contributed by atoms with E-state index in [9.17, 15) is 0 Å². The standard InChI is InChI=1S/C25H26N4O2/c1-3-21-22-15-27-10-7-23(22)29-24(21)11-16(1)17-2-4-25(28-14-17)31-20-12-19(13-20)30-18-5-8-26-9-6-18/h1-4,7,10-11,14-15,18-20,26,29H,5-6,8-9,12-13H2/t19-,20-. The highest BCUT2D eigenvalue weighted by Crippen LogP contribution is 2.32. The van der Waals surface area contributed by atoms with Crippen molar-refractivity contribution in [1.82, 2.24) is 20.3 Å². The number of benzene rings is 1. The number of fused-ring (bicyclic) bond motifs is 3. The van der Waals surface area contributed by atoms with Crippen LogP contribution >= 0.6 is 0 Å². The maximum Gasteiger partial charge on any atom is 0.213 e. The van der Waals surface area contributed by atoms with Gasteiger partial charge in [-0.2, -0.15) is 0 Å². The molecule has 0 radical (unpaired) electrons. The zero-order valence-corrected chi connectivity index (χ0v) is 17.4. The van der Waals surface area contributed by atoms with E-state index in [1.165, 1.54) is 5.39 Å². The second kappa shape index (κ2) is 7.94. The lowest BCUT2D eigenvalue weighted by Gasteiger charge is -2.38. The first-order chi connectivity index (χ1) is 15.3. The summed E-state index contributed by atoms with van der Waals surface area (Å²) in [6, 6.07) is 12.5. The zero-order chi connectivity index (χ0) is 20.6. The highest BCUT2D eigenvalue weighted by atomic mass is 16.5. The smallest absolute Gasteiger partial charge is 0.213 e. The van der Waals surface area contributed by atoms with Crippen molar-refractivity contribution in [2.45, 2.75) is 44.0 Å². The summed E-state index contributed by atoms with van der Waals surface area (Å²) in [7, 11) is 0. The van der Waals surface area contributed by atoms with Gasteiger partial charge in [0, 0.05) is 64.9 Å². The Morgan fingerprint density at radius 1 is 0.806 bits per heavy atom. The van der Waals surface area contributed by atoms with Crippen LogP contribution in [-0.4, -0.2) is 46.4 Å². The Morgan fingerprint density at radius 2 is 1.68 bits per heavy atom. The van der Waals surface area contributed by atoms with Crippen molar-refractivity contribution in [3.05, 3.63) is 55.0 Å². The first-order valence-electron chi connectivity index (χ1n) is 11.2. The van der Waals surface area contributed by atoms with Crippen molar-refractivity contribution in [3.8, 4) is 17.0 Å². The number of aromatic amines is 1. The first kappa shape index (κ1) is 18.8. The second-order valence-corrected chi connectivity index (χ2v) is 8.61. The van der Waals surface area contributed by atoms with Gasteiger partial charge in [-0.05, 0) is 49.7 Å². The molecule has 1 saturated heterocycles. The molecule has 1 saturated carbocycles. The molecule has 0 spiro atoms. The number of nitrogens with one attached hydrogen (secondary N) is 2. The van der Waals surface area contributed by atoms with Gasteiger partial charge in [-0.25, -0.2) is 4.98 Å². The fraction of sp³-hybridized carbons (Fsp3) is 0.360. The van der Waals surface area contributed by atoms with Crippen LogP contribution in [0.25, 0.3) is 32.9 Å². The van der Waals surface area contributed by atoms with Gasteiger partial charge in [0.25, 0.3) is 0 Å². The van der Waals surface area contributed by atoms with Crippen LogP contribution < -0.4 is 10.1 Å². The summed E-state index contributed by atoms with van der Waals surface area (Å²) in [6.45, 7) is 2.13. The molecule has 158 valence electrons. The maximum atomic E-state index is 6.18. The van der Waals surface area contributed by atoms with E-state index in [1.54, 1.807) is 0 Å². The van der Waals surface area contributed by atoms with E-state index in [2.05, 4.69) is 44.5 Å². The molecule has 2 fully saturated rings. The number of pyridine rings is 2. The minimum Gasteiger partial charge on any atom is -0.474 e. The molecule has 4 aromatic rings. The largest absolute Gasteiger partial charge is 0.474 e. The maximum absolute atomic E-state index is 6.18. The summed E-state index contributed by atoms with van der Waals surface area (Å²) in [5.74, 6) is 0.687. The lowest BCUT2D eigenvalue weighted by atomic mass is 9.91. The van der Waals surface area contributed by atoms with Gasteiger partial charge in [-0.15, -0.1) is 0 Å². The Bertz CT molecular complexity index is 1190. The van der Waals surface area contributed by atoms with E-state index < -0.39 is 0 Å². The van der Waals surface area contributed by atoms with E-state index in [1.807, 2.05) is 30.7 Å². The predicted molar refractivity (Wildman–Crippen MR) is 121 cm³/mol. The average molecular weight is 415 g/mol. The van der Waals surface area contributed by atoms with Crippen LogP contribution in [0, 0.1) is 0 Å². The van der Waals surface area contributed by atoms with Gasteiger partial charge in [0.1, 0.15) is 6.10 Å². The van der Waals surface area contributed by atoms with E-state index >= 15 is 0 Å². The third kappa shape index (κ3) is 3.77. The molecule has 1 aliphatic carbocycles. The van der Waals surface area contributed by atoms with E-state index in [-0.39, 0.29) is 6.10 Å². The van der Waals surface area contributed by atoms with Gasteiger partial charge < -0.3 is 19.8 Å². The van der Waals surface area contributed by atoms with Crippen LogP contribution in [0.15, 0.2) is 55.0 Å². The van der Waals surface area contributed by atoms with Crippen LogP contribution in [0.4, 0.5) is 0 Å². The van der Waals surface area contributed by atoms with Gasteiger partial charge in [-0.1, -0.05) is 12.1 Å². The van der Waals surface area contributed by atoms with E-state index in [4.69, 9.17) is 9.47 Å². The third-order valence-electron chi connectivity index (χ3n) is 6.48. The SMILES string of the molecule is c1cc2[nH]c3cc(-c4ccc(O[C@H]5C[C@H](OC6CCNCC6)C5)nc4)ccc3c2cn1. The number of hydrogen-bond donors (Lipinski definition) is 2. The topological polar surface area (TPSA) is 72.1 Å². The van der Waals surface area contributed by atoms with Gasteiger partial charge in [0.05, 0.1) is 12.2 Å². The van der Waals surface area contributed by atoms with Gasteiger partial charge >= 0.3 is 0 Å². The fourth-order valence-electron chi connectivity index (χ4n) is 4.65. The lowest BCUT2D eigenvalue weighted by molar-refractivity contribution is -0.103. The van der Waals surface area contributed by atoms with Crippen molar-refractivity contribution < 1.29 is 9.47 Å². The predicted octanol–water partition coefficient (Wildman–Crippen LogP) is 4.46. The van der Waals surface area contributed by atoms with Crippen LogP contribution in [0.2, 0.25) is 0 Å². The van der Waals surface area contributed by atoms with Gasteiger partial charge in [0.2, 0.25) is 5.88 Å². The molecule has 0 amide bonds. The van der Waals surface area contributed by atoms with Crippen molar-refractivity contribution in [2.24, 2.45) is 0 Å². The number of rotatable bonds is 5. The Labute approximate surface area is 181 Å². The minimum atomic E-state index is 0.210. The molecule has 0 unspecified atom stereocenters. The van der Waals surface area contributed by atoms with E-state index in [0.717, 1.165) is 66.3 Å². The molecule has 6 nitrogen and oxygen atoms in total. The monoisotopic (exact) mass is 414 g/mol. The number of ether oxygens (including phenoxy) is 2. The molecule has 3 aromatic heterocycles. The lowest BCUT2D eigenvalue weighted by Crippen LogP contribution is -2.43. The molecule has 1 aromatic carbocycles. The molecule has 4 heterocycles. The number of nitrogens with zero attached hydrogens (tertiary/aromatic N) is 2. The molecule has 2 aliphatic rings. The molecular formula is C25H26N4O2. The number of piperidine rings is 1. The Morgan fingerprint density at radius 3 is 2.52 bits per heavy atom. The summed E-state index contributed by atoms with van der Waals surface area (Å²) in [4.78, 5) is 12.3. The Hall–Kier alpha value is -2.96. The molecule has 31 heavy (non-hydrogen) atoms. The average Bonchev–Trinajstić information content (AvgIpc) is 3.17. The van der Waals surface area contributed by atoms with Crippen LogP contribution in [0.3, 0.4) is 0 Å². The molecule has 0 bridgehead atoms. The van der Waals surface area contributed by atoms with Gasteiger partial charge in [-0.3, -0.25) is 4.98 Å². The second-order valence-electron chi connectivity index (χ2n) is 8.61. The fourth-order valence-corrected chi connectivity index (χ4v) is 4.65. The number of hydrogen-bond acceptors (Lipinski definition) is 5. The highest BCUT2D eigenvalue weighted by molar-refractivity contribution is 6.07. The van der Waals surface area contributed by atoms with Crippen molar-refractivity contribution >= 4 is 21.8 Å². The first-order valence-corrected chi connectivity index (χ1v) is 11.2. The summed E-state index contributed by atoms with van der Waals surface area (Å²) >= 11 is 0. The molecule has 0 atom stereocenters. The number of H-pyrrole nitrogens is 1. The Balaban J connectivity index is 1.10. The summed E-state index contributed by atoms with van der Waals surface area (Å²) in [5, 5.41) is 5.71. The van der Waals surface area contributed by atoms with Crippen LogP contribution in [-0.2, 0) is 4.74 Å². The highest BCUT2D eigenvalue weighted by Gasteiger charge is 2.34. The minimum absolute atomic E-state index is 0.210. The summed E-state index contributed by atoms with van der Waals surface area (Å²) in [5.41, 5.74) is 4.42. The van der Waals surface area contributed by atoms with Crippen LogP contribution in [0.1, 0.15) is 25.7 Å². The van der Waals surface area contributed by atoms with Crippen LogP contribution in [0.5, 0.6) is 5.88 Å². The van der Waals surface area contributed by atoms with Crippen molar-refractivity contribution in [2.75, 3.05) is 13.1 Å². The molecule has 6 heteroatoms. The number of aromatic nitrogens is 3. The molecular weight excluding hydrogens is 388 g/mol. The molecule has 6 rings (SSSR count). The molecule has 1 aliphatic heterocycles.